The molecule has 2 heterocycles. The van der Waals surface area contributed by atoms with Crippen molar-refractivity contribution in [2.75, 3.05) is 10.6 Å². The Morgan fingerprint density at radius 2 is 1.84 bits per heavy atom. The summed E-state index contributed by atoms with van der Waals surface area (Å²) in [4.78, 5) is 13.6. The molecule has 0 unspecified atom stereocenters. The zero-order valence-electron chi connectivity index (χ0n) is 15.0. The van der Waals surface area contributed by atoms with E-state index in [4.69, 9.17) is 0 Å². The standard InChI is InChI=1S/C18H27N5O2/c1-10(2)20-17-16-12(8-15(22-17)11(3)24)9-19-18(23-16)21-13-4-6-14(25)7-5-13/h8-11,13-14,24-25H,4-7H2,1-3H3,(H,20,22)(H,19,21,23)/t11-,13?,14?/m1/s1. The van der Waals surface area contributed by atoms with E-state index in [1.807, 2.05) is 19.9 Å². The van der Waals surface area contributed by atoms with Gasteiger partial charge in [0, 0.05) is 23.7 Å². The Kier molecular flexibility index (Phi) is 5.34. The van der Waals surface area contributed by atoms with Gasteiger partial charge in [-0.15, -0.1) is 0 Å². The highest BCUT2D eigenvalue weighted by atomic mass is 16.3. The number of rotatable bonds is 5. The average molecular weight is 345 g/mol. The minimum absolute atomic E-state index is 0.180. The number of pyridine rings is 1. The number of aliphatic hydroxyl groups is 2. The molecule has 0 amide bonds. The van der Waals surface area contributed by atoms with Crippen molar-refractivity contribution in [1.82, 2.24) is 15.0 Å². The molecule has 7 nitrogen and oxygen atoms in total. The van der Waals surface area contributed by atoms with Gasteiger partial charge in [0.2, 0.25) is 5.95 Å². The van der Waals surface area contributed by atoms with Gasteiger partial charge in [-0.05, 0) is 52.5 Å². The summed E-state index contributed by atoms with van der Waals surface area (Å²) < 4.78 is 0. The lowest BCUT2D eigenvalue weighted by Crippen LogP contribution is -2.28. The van der Waals surface area contributed by atoms with Crippen LogP contribution in [-0.2, 0) is 0 Å². The second-order valence-corrected chi connectivity index (χ2v) is 7.15. The highest BCUT2D eigenvalue weighted by molar-refractivity contribution is 5.89. The number of hydrogen-bond acceptors (Lipinski definition) is 7. The molecule has 0 aromatic carbocycles. The Labute approximate surface area is 147 Å². The van der Waals surface area contributed by atoms with Crippen LogP contribution in [0.5, 0.6) is 0 Å². The summed E-state index contributed by atoms with van der Waals surface area (Å²) >= 11 is 0. The van der Waals surface area contributed by atoms with Gasteiger partial charge < -0.3 is 20.8 Å². The van der Waals surface area contributed by atoms with Gasteiger partial charge in [-0.2, -0.15) is 0 Å². The second-order valence-electron chi connectivity index (χ2n) is 7.15. The van der Waals surface area contributed by atoms with E-state index in [0.717, 1.165) is 36.6 Å². The molecule has 1 aliphatic carbocycles. The highest BCUT2D eigenvalue weighted by Gasteiger charge is 2.20. The molecule has 0 saturated heterocycles. The molecule has 1 atom stereocenters. The fraction of sp³-hybridized carbons (Fsp3) is 0.611. The summed E-state index contributed by atoms with van der Waals surface area (Å²) in [5.74, 6) is 1.24. The number of nitrogens with one attached hydrogen (secondary N) is 2. The smallest absolute Gasteiger partial charge is 0.223 e. The van der Waals surface area contributed by atoms with E-state index in [-0.39, 0.29) is 18.2 Å². The van der Waals surface area contributed by atoms with E-state index in [0.29, 0.717) is 17.5 Å². The predicted molar refractivity (Wildman–Crippen MR) is 98.6 cm³/mol. The first-order chi connectivity index (χ1) is 11.9. The molecule has 136 valence electrons. The van der Waals surface area contributed by atoms with Crippen LogP contribution >= 0.6 is 0 Å². The number of anilines is 2. The first-order valence-corrected chi connectivity index (χ1v) is 8.99. The summed E-state index contributed by atoms with van der Waals surface area (Å²) in [7, 11) is 0. The van der Waals surface area contributed by atoms with Gasteiger partial charge in [-0.25, -0.2) is 15.0 Å². The van der Waals surface area contributed by atoms with E-state index in [2.05, 4.69) is 25.6 Å². The van der Waals surface area contributed by atoms with Crippen molar-refractivity contribution >= 4 is 22.7 Å². The maximum atomic E-state index is 9.87. The van der Waals surface area contributed by atoms with Gasteiger partial charge in [-0.3, -0.25) is 0 Å². The Bertz CT molecular complexity index is 727. The predicted octanol–water partition coefficient (Wildman–Crippen LogP) is 2.61. The molecule has 25 heavy (non-hydrogen) atoms. The van der Waals surface area contributed by atoms with E-state index < -0.39 is 6.10 Å². The van der Waals surface area contributed by atoms with Gasteiger partial charge in [-0.1, -0.05) is 0 Å². The van der Waals surface area contributed by atoms with Gasteiger partial charge in [0.25, 0.3) is 0 Å². The van der Waals surface area contributed by atoms with Crippen molar-refractivity contribution in [2.45, 2.75) is 70.7 Å². The second kappa shape index (κ2) is 7.49. The molecule has 1 aliphatic rings. The zero-order chi connectivity index (χ0) is 18.0. The Morgan fingerprint density at radius 3 is 2.48 bits per heavy atom. The molecule has 1 fully saturated rings. The van der Waals surface area contributed by atoms with Crippen LogP contribution in [0.25, 0.3) is 10.9 Å². The number of aliphatic hydroxyl groups excluding tert-OH is 2. The summed E-state index contributed by atoms with van der Waals surface area (Å²) in [5.41, 5.74) is 1.34. The minimum Gasteiger partial charge on any atom is -0.393 e. The SMILES string of the molecule is CC(C)Nc1nc([C@@H](C)O)cc2cnc(NC3CCC(O)CC3)nc12. The molecule has 2 aromatic rings. The third-order valence-electron chi connectivity index (χ3n) is 4.47. The average Bonchev–Trinajstić information content (AvgIpc) is 2.56. The van der Waals surface area contributed by atoms with Gasteiger partial charge in [0.15, 0.2) is 5.82 Å². The molecule has 0 spiro atoms. The lowest BCUT2D eigenvalue weighted by molar-refractivity contribution is 0.126. The zero-order valence-corrected chi connectivity index (χ0v) is 15.0. The van der Waals surface area contributed by atoms with Crippen molar-refractivity contribution in [3.63, 3.8) is 0 Å². The molecule has 1 saturated carbocycles. The Hall–Kier alpha value is -1.99. The molecule has 2 aromatic heterocycles. The molecule has 3 rings (SSSR count). The molecular weight excluding hydrogens is 318 g/mol. The Balaban J connectivity index is 1.90. The minimum atomic E-state index is -0.649. The molecule has 0 aliphatic heterocycles. The molecule has 4 N–H and O–H groups in total. The third-order valence-corrected chi connectivity index (χ3v) is 4.47. The van der Waals surface area contributed by atoms with Gasteiger partial charge in [0.1, 0.15) is 5.52 Å². The fourth-order valence-corrected chi connectivity index (χ4v) is 3.12. The molecule has 0 bridgehead atoms. The van der Waals surface area contributed by atoms with E-state index >= 15 is 0 Å². The van der Waals surface area contributed by atoms with Gasteiger partial charge >= 0.3 is 0 Å². The van der Waals surface area contributed by atoms with Crippen LogP contribution in [0, 0.1) is 0 Å². The van der Waals surface area contributed by atoms with Crippen LogP contribution in [0.1, 0.15) is 58.3 Å². The first kappa shape index (κ1) is 17.8. The normalized spacial score (nSPS) is 22.2. The lowest BCUT2D eigenvalue weighted by atomic mass is 9.93. The van der Waals surface area contributed by atoms with Crippen molar-refractivity contribution in [2.24, 2.45) is 0 Å². The first-order valence-electron chi connectivity index (χ1n) is 8.99. The summed E-state index contributed by atoms with van der Waals surface area (Å²) in [5, 5.41) is 27.0. The lowest BCUT2D eigenvalue weighted by Gasteiger charge is -2.26. The summed E-state index contributed by atoms with van der Waals surface area (Å²) in [6, 6.07) is 2.31. The quantitative estimate of drug-likeness (QED) is 0.660. The van der Waals surface area contributed by atoms with E-state index in [9.17, 15) is 10.2 Å². The monoisotopic (exact) mass is 345 g/mol. The van der Waals surface area contributed by atoms with Crippen molar-refractivity contribution in [3.05, 3.63) is 18.0 Å². The molecule has 7 heteroatoms. The third kappa shape index (κ3) is 4.35. The topological polar surface area (TPSA) is 103 Å². The maximum absolute atomic E-state index is 9.87. The largest absolute Gasteiger partial charge is 0.393 e. The van der Waals surface area contributed by atoms with E-state index in [1.54, 1.807) is 13.1 Å². The van der Waals surface area contributed by atoms with Crippen molar-refractivity contribution < 1.29 is 10.2 Å². The number of fused-ring (bicyclic) bond motifs is 1. The van der Waals surface area contributed by atoms with Crippen LogP contribution in [0.2, 0.25) is 0 Å². The highest BCUT2D eigenvalue weighted by Crippen LogP contribution is 2.26. The van der Waals surface area contributed by atoms with E-state index in [1.165, 1.54) is 0 Å². The molecule has 0 radical (unpaired) electrons. The maximum Gasteiger partial charge on any atom is 0.223 e. The van der Waals surface area contributed by atoms with Crippen LogP contribution in [0.15, 0.2) is 12.3 Å². The van der Waals surface area contributed by atoms with Crippen LogP contribution in [0.4, 0.5) is 11.8 Å². The van der Waals surface area contributed by atoms with Crippen molar-refractivity contribution in [1.29, 1.82) is 0 Å². The number of nitrogens with zero attached hydrogens (tertiary/aromatic N) is 3. The fourth-order valence-electron chi connectivity index (χ4n) is 3.12. The van der Waals surface area contributed by atoms with Crippen LogP contribution in [0.3, 0.4) is 0 Å². The Morgan fingerprint density at radius 1 is 1.12 bits per heavy atom. The van der Waals surface area contributed by atoms with Crippen LogP contribution in [-0.4, -0.2) is 43.4 Å². The summed E-state index contributed by atoms with van der Waals surface area (Å²) in [6.07, 6.45) is 4.39. The number of hydrogen-bond donors (Lipinski definition) is 4. The van der Waals surface area contributed by atoms with Gasteiger partial charge in [0.05, 0.1) is 17.9 Å². The van der Waals surface area contributed by atoms with Crippen molar-refractivity contribution in [3.8, 4) is 0 Å². The van der Waals surface area contributed by atoms with Crippen LogP contribution < -0.4 is 10.6 Å². The molecular formula is C18H27N5O2. The summed E-state index contributed by atoms with van der Waals surface area (Å²) in [6.45, 7) is 5.77. The number of aromatic nitrogens is 3.